The number of carbonyl (C=O) groups excluding carboxylic acids is 3. The fourth-order valence-electron chi connectivity index (χ4n) is 4.24. The van der Waals surface area contributed by atoms with Gasteiger partial charge >= 0.3 is 5.97 Å². The Kier molecular flexibility index (Phi) is 4.99. The van der Waals surface area contributed by atoms with Crippen LogP contribution in [0, 0.1) is 17.8 Å². The molecule has 2 aliphatic rings. The van der Waals surface area contributed by atoms with Crippen molar-refractivity contribution in [1.82, 2.24) is 0 Å². The number of anilines is 1. The average Bonchev–Trinajstić information content (AvgIpc) is 2.93. The number of hydrogen-bond acceptors (Lipinski definition) is 4. The summed E-state index contributed by atoms with van der Waals surface area (Å²) in [6, 6.07) is 16.0. The molecule has 5 heteroatoms. The van der Waals surface area contributed by atoms with Crippen LogP contribution in [0.15, 0.2) is 54.6 Å². The number of imide groups is 1. The highest BCUT2D eigenvalue weighted by molar-refractivity contribution is 6.22. The maximum Gasteiger partial charge on any atom is 0.315 e. The molecule has 2 aromatic rings. The topological polar surface area (TPSA) is 63.7 Å². The van der Waals surface area contributed by atoms with E-state index in [1.54, 1.807) is 24.3 Å². The lowest BCUT2D eigenvalue weighted by molar-refractivity contribution is -0.133. The number of fused-ring (bicyclic) bond motifs is 1. The van der Waals surface area contributed by atoms with Gasteiger partial charge in [0.25, 0.3) is 0 Å². The number of ether oxygens (including phenoxy) is 1. The highest BCUT2D eigenvalue weighted by Crippen LogP contribution is 2.42. The highest BCUT2D eigenvalue weighted by atomic mass is 16.5. The molecule has 0 N–H and O–H groups in total. The van der Waals surface area contributed by atoms with E-state index in [2.05, 4.69) is 6.92 Å². The predicted octanol–water partition coefficient (Wildman–Crippen LogP) is 3.76. The van der Waals surface area contributed by atoms with Crippen LogP contribution in [0.5, 0.6) is 5.75 Å². The van der Waals surface area contributed by atoms with E-state index in [4.69, 9.17) is 4.74 Å². The molecule has 1 aliphatic heterocycles. The Morgan fingerprint density at radius 2 is 1.64 bits per heavy atom. The molecular weight excluding hydrogens is 354 g/mol. The van der Waals surface area contributed by atoms with Gasteiger partial charge in [-0.1, -0.05) is 37.3 Å². The average molecular weight is 377 g/mol. The van der Waals surface area contributed by atoms with E-state index in [1.807, 2.05) is 30.3 Å². The Morgan fingerprint density at radius 1 is 0.964 bits per heavy atom. The first-order chi connectivity index (χ1) is 13.5. The Balaban J connectivity index is 1.44. The molecule has 28 heavy (non-hydrogen) atoms. The zero-order valence-corrected chi connectivity index (χ0v) is 15.8. The molecule has 144 valence electrons. The summed E-state index contributed by atoms with van der Waals surface area (Å²) in [5.41, 5.74) is 1.43. The molecule has 0 bridgehead atoms. The number of benzene rings is 2. The summed E-state index contributed by atoms with van der Waals surface area (Å²) in [7, 11) is 0. The van der Waals surface area contributed by atoms with E-state index in [9.17, 15) is 14.4 Å². The van der Waals surface area contributed by atoms with Crippen LogP contribution in [-0.2, 0) is 20.8 Å². The second kappa shape index (κ2) is 7.58. The number of hydrogen-bond donors (Lipinski definition) is 0. The van der Waals surface area contributed by atoms with Crippen molar-refractivity contribution in [2.24, 2.45) is 17.8 Å². The molecule has 1 saturated heterocycles. The van der Waals surface area contributed by atoms with Crippen LogP contribution in [0.1, 0.15) is 31.7 Å². The van der Waals surface area contributed by atoms with Gasteiger partial charge in [-0.05, 0) is 55.0 Å². The van der Waals surface area contributed by atoms with Crippen LogP contribution in [-0.4, -0.2) is 17.8 Å². The second-order valence-corrected chi connectivity index (χ2v) is 7.77. The summed E-state index contributed by atoms with van der Waals surface area (Å²) in [6.45, 7) is 2.13. The minimum Gasteiger partial charge on any atom is -0.426 e. The smallest absolute Gasteiger partial charge is 0.315 e. The quantitative estimate of drug-likeness (QED) is 0.462. The van der Waals surface area contributed by atoms with Crippen LogP contribution in [0.4, 0.5) is 5.69 Å². The summed E-state index contributed by atoms with van der Waals surface area (Å²) in [5, 5.41) is 0. The van der Waals surface area contributed by atoms with Gasteiger partial charge in [0.2, 0.25) is 11.8 Å². The van der Waals surface area contributed by atoms with E-state index in [-0.39, 0.29) is 36.0 Å². The minimum atomic E-state index is -0.354. The SMILES string of the molecule is CC1CCC2C(=O)N(c3ccc(OC(=O)Cc4ccccc4)cc3)C(=O)C2C1. The predicted molar refractivity (Wildman–Crippen MR) is 105 cm³/mol. The lowest BCUT2D eigenvalue weighted by Crippen LogP contribution is -2.30. The van der Waals surface area contributed by atoms with Crippen molar-refractivity contribution in [1.29, 1.82) is 0 Å². The van der Waals surface area contributed by atoms with Crippen molar-refractivity contribution in [3.05, 3.63) is 60.2 Å². The Morgan fingerprint density at radius 3 is 2.36 bits per heavy atom. The number of nitrogens with zero attached hydrogens (tertiary/aromatic N) is 1. The molecular formula is C23H23NO4. The summed E-state index contributed by atoms with van der Waals surface area (Å²) < 4.78 is 5.37. The first-order valence-corrected chi connectivity index (χ1v) is 9.75. The van der Waals surface area contributed by atoms with Crippen LogP contribution >= 0.6 is 0 Å². The summed E-state index contributed by atoms with van der Waals surface area (Å²) in [6.07, 6.45) is 2.74. The minimum absolute atomic E-state index is 0.101. The largest absolute Gasteiger partial charge is 0.426 e. The third-order valence-corrected chi connectivity index (χ3v) is 5.71. The summed E-state index contributed by atoms with van der Waals surface area (Å²) in [4.78, 5) is 38.9. The van der Waals surface area contributed by atoms with Gasteiger partial charge in [0.1, 0.15) is 5.75 Å². The number of esters is 1. The van der Waals surface area contributed by atoms with Gasteiger partial charge in [-0.2, -0.15) is 0 Å². The molecule has 5 nitrogen and oxygen atoms in total. The highest BCUT2D eigenvalue weighted by Gasteiger charge is 2.49. The van der Waals surface area contributed by atoms with Gasteiger partial charge in [0, 0.05) is 0 Å². The van der Waals surface area contributed by atoms with E-state index < -0.39 is 0 Å². The lowest BCUT2D eigenvalue weighted by Gasteiger charge is -2.25. The lowest BCUT2D eigenvalue weighted by atomic mass is 9.76. The Bertz CT molecular complexity index is 891. The monoisotopic (exact) mass is 377 g/mol. The second-order valence-electron chi connectivity index (χ2n) is 7.77. The molecule has 3 unspecified atom stereocenters. The van der Waals surface area contributed by atoms with E-state index in [1.165, 1.54) is 4.90 Å². The molecule has 0 radical (unpaired) electrons. The van der Waals surface area contributed by atoms with Crippen molar-refractivity contribution in [2.45, 2.75) is 32.6 Å². The van der Waals surface area contributed by atoms with Gasteiger partial charge < -0.3 is 4.74 Å². The van der Waals surface area contributed by atoms with Crippen molar-refractivity contribution in [3.63, 3.8) is 0 Å². The summed E-state index contributed by atoms with van der Waals surface area (Å²) >= 11 is 0. The van der Waals surface area contributed by atoms with Crippen LogP contribution in [0.25, 0.3) is 0 Å². The first-order valence-electron chi connectivity index (χ1n) is 9.75. The molecule has 3 atom stereocenters. The van der Waals surface area contributed by atoms with Crippen LogP contribution in [0.3, 0.4) is 0 Å². The summed E-state index contributed by atoms with van der Waals surface area (Å²) in [5.74, 6) is -0.0655. The zero-order valence-electron chi connectivity index (χ0n) is 15.8. The number of rotatable bonds is 4. The molecule has 2 aromatic carbocycles. The number of carbonyl (C=O) groups is 3. The normalized spacial score (nSPS) is 24.2. The van der Waals surface area contributed by atoms with Crippen LogP contribution in [0.2, 0.25) is 0 Å². The molecule has 2 amide bonds. The maximum atomic E-state index is 12.8. The third kappa shape index (κ3) is 3.57. The van der Waals surface area contributed by atoms with Gasteiger partial charge in [-0.15, -0.1) is 0 Å². The standard InChI is InChI=1S/C23H23NO4/c1-15-7-12-19-20(13-15)23(27)24(22(19)26)17-8-10-18(11-9-17)28-21(25)14-16-5-3-2-4-6-16/h2-6,8-11,15,19-20H,7,12-14H2,1H3. The maximum absolute atomic E-state index is 12.8. The Hall–Kier alpha value is -2.95. The molecule has 0 spiro atoms. The van der Waals surface area contributed by atoms with Crippen molar-refractivity contribution < 1.29 is 19.1 Å². The molecule has 1 heterocycles. The molecule has 4 rings (SSSR count). The molecule has 1 aliphatic carbocycles. The van der Waals surface area contributed by atoms with E-state index >= 15 is 0 Å². The molecule has 2 fully saturated rings. The van der Waals surface area contributed by atoms with E-state index in [0.29, 0.717) is 17.4 Å². The Labute approximate surface area is 164 Å². The third-order valence-electron chi connectivity index (χ3n) is 5.71. The van der Waals surface area contributed by atoms with Crippen molar-refractivity contribution >= 4 is 23.5 Å². The van der Waals surface area contributed by atoms with Gasteiger partial charge in [-0.3, -0.25) is 19.3 Å². The van der Waals surface area contributed by atoms with Gasteiger partial charge in [-0.25, -0.2) is 0 Å². The molecule has 0 aromatic heterocycles. The van der Waals surface area contributed by atoms with Gasteiger partial charge in [0.05, 0.1) is 23.9 Å². The fraction of sp³-hybridized carbons (Fsp3) is 0.348. The van der Waals surface area contributed by atoms with Crippen LogP contribution < -0.4 is 9.64 Å². The number of amides is 2. The molecule has 1 saturated carbocycles. The van der Waals surface area contributed by atoms with Gasteiger partial charge in [0.15, 0.2) is 0 Å². The van der Waals surface area contributed by atoms with Crippen molar-refractivity contribution in [2.75, 3.05) is 4.90 Å². The van der Waals surface area contributed by atoms with Crippen molar-refractivity contribution in [3.8, 4) is 5.75 Å². The fourth-order valence-corrected chi connectivity index (χ4v) is 4.24. The zero-order chi connectivity index (χ0) is 19.7. The first kappa shape index (κ1) is 18.4. The van der Waals surface area contributed by atoms with E-state index in [0.717, 1.165) is 24.8 Å².